The third-order valence-corrected chi connectivity index (χ3v) is 6.30. The van der Waals surface area contributed by atoms with Crippen LogP contribution in [-0.2, 0) is 28.1 Å². The van der Waals surface area contributed by atoms with E-state index >= 15 is 0 Å². The molecule has 2 aromatic carbocycles. The first-order valence-corrected chi connectivity index (χ1v) is 12.2. The highest BCUT2D eigenvalue weighted by Crippen LogP contribution is 2.27. The molecule has 4 aromatic rings. The number of thioether (sulfide) groups is 1. The number of rotatable bonds is 7. The van der Waals surface area contributed by atoms with Crippen LogP contribution >= 0.6 is 11.8 Å². The van der Waals surface area contributed by atoms with Crippen molar-refractivity contribution in [2.24, 2.45) is 4.36 Å². The smallest absolute Gasteiger partial charge is 0.319 e. The first kappa shape index (κ1) is 22.0. The first-order chi connectivity index (χ1) is 15.4. The van der Waals surface area contributed by atoms with Crippen LogP contribution in [0.5, 0.6) is 0 Å². The maximum absolute atomic E-state index is 12.0. The van der Waals surface area contributed by atoms with Crippen LogP contribution in [0.4, 0.5) is 0 Å². The van der Waals surface area contributed by atoms with Crippen molar-refractivity contribution in [3.05, 3.63) is 77.4 Å². The van der Waals surface area contributed by atoms with Gasteiger partial charge in [0.05, 0.1) is 17.4 Å². The number of fused-ring (bicyclic) bond motifs is 1. The molecular weight excluding hydrogens is 448 g/mol. The second kappa shape index (κ2) is 9.54. The molecule has 0 N–H and O–H groups in total. The van der Waals surface area contributed by atoms with Gasteiger partial charge in [0.2, 0.25) is 5.89 Å². The number of benzene rings is 2. The summed E-state index contributed by atoms with van der Waals surface area (Å²) >= 11 is 1.27. The van der Waals surface area contributed by atoms with Gasteiger partial charge in [0.25, 0.3) is 5.91 Å². The first-order valence-electron chi connectivity index (χ1n) is 9.83. The highest BCUT2D eigenvalue weighted by molar-refractivity contribution is 7.99. The van der Waals surface area contributed by atoms with E-state index in [9.17, 15) is 13.2 Å². The fraction of sp³-hybridized carbons (Fsp3) is 0.217. The lowest BCUT2D eigenvalue weighted by atomic mass is 10.1. The molecule has 2 aromatic heterocycles. The molecule has 9 heteroatoms. The van der Waals surface area contributed by atoms with Gasteiger partial charge in [-0.25, -0.2) is 4.98 Å². The Hall–Kier alpha value is -3.17. The highest BCUT2D eigenvalue weighted by atomic mass is 32.2. The Bertz CT molecular complexity index is 1400. The van der Waals surface area contributed by atoms with Gasteiger partial charge in [-0.1, -0.05) is 28.6 Å². The van der Waals surface area contributed by atoms with Crippen LogP contribution in [0, 0.1) is 6.92 Å². The lowest BCUT2D eigenvalue weighted by molar-refractivity contribution is -0.117. The summed E-state index contributed by atoms with van der Waals surface area (Å²) in [5.74, 6) is 1.41. The third-order valence-electron chi connectivity index (χ3n) is 5.03. The van der Waals surface area contributed by atoms with Crippen LogP contribution in [0.15, 0.2) is 67.8 Å². The van der Waals surface area contributed by atoms with Gasteiger partial charge >= 0.3 is 10.5 Å². The minimum absolute atomic E-state index is 0.375. The van der Waals surface area contributed by atoms with Crippen LogP contribution in [0.25, 0.3) is 22.4 Å². The summed E-state index contributed by atoms with van der Waals surface area (Å²) in [5, 5.41) is 0.337. The Morgan fingerprint density at radius 3 is 2.62 bits per heavy atom. The van der Waals surface area contributed by atoms with Crippen molar-refractivity contribution in [1.82, 2.24) is 4.98 Å². The van der Waals surface area contributed by atoms with Crippen LogP contribution < -0.4 is 0 Å². The van der Waals surface area contributed by atoms with Gasteiger partial charge in [0.15, 0.2) is 0 Å². The summed E-state index contributed by atoms with van der Waals surface area (Å²) in [6.45, 7) is 1.88. The van der Waals surface area contributed by atoms with Crippen molar-refractivity contribution in [3.63, 3.8) is 0 Å². The lowest BCUT2D eigenvalue weighted by Gasteiger charge is -2.09. The second-order valence-corrected chi connectivity index (χ2v) is 8.88. The Kier molecular flexibility index (Phi) is 6.57. The van der Waals surface area contributed by atoms with E-state index in [-0.39, 0.29) is 0 Å². The molecule has 0 saturated carbocycles. The molecule has 0 saturated heterocycles. The highest BCUT2D eigenvalue weighted by Gasteiger charge is 2.19. The van der Waals surface area contributed by atoms with E-state index in [1.165, 1.54) is 11.8 Å². The molecule has 0 aliphatic rings. The van der Waals surface area contributed by atoms with E-state index in [4.69, 9.17) is 8.83 Å². The number of aromatic nitrogens is 1. The Balaban J connectivity index is 1.54. The minimum atomic E-state index is -2.74. The topological polar surface area (TPSA) is 103 Å². The largest absolute Gasteiger partial charge is 0.461 e. The number of aryl methyl sites for hydroxylation is 1. The fourth-order valence-electron chi connectivity index (χ4n) is 3.44. The molecular formula is C23H20N2O5S2. The zero-order valence-electron chi connectivity index (χ0n) is 17.4. The Morgan fingerprint density at radius 1 is 1.12 bits per heavy atom. The summed E-state index contributed by atoms with van der Waals surface area (Å²) in [5.41, 5.74) is 3.35. The summed E-state index contributed by atoms with van der Waals surface area (Å²) < 4.78 is 36.3. The summed E-state index contributed by atoms with van der Waals surface area (Å²) in [7, 11) is -2.74. The van der Waals surface area contributed by atoms with Gasteiger partial charge in [-0.05, 0) is 55.5 Å². The van der Waals surface area contributed by atoms with Crippen molar-refractivity contribution in [2.75, 3.05) is 6.26 Å². The number of furan rings is 1. The fourth-order valence-corrected chi connectivity index (χ4v) is 4.40. The molecule has 32 heavy (non-hydrogen) atoms. The summed E-state index contributed by atoms with van der Waals surface area (Å²) in [4.78, 5) is 16.6. The van der Waals surface area contributed by atoms with Gasteiger partial charge in [0, 0.05) is 10.9 Å². The molecule has 2 heterocycles. The van der Waals surface area contributed by atoms with Crippen LogP contribution in [-0.4, -0.2) is 30.8 Å². The number of carbonyl (C=O) groups is 1. The number of nitrogens with zero attached hydrogens (tertiary/aromatic N) is 2. The number of amides is 1. The van der Waals surface area contributed by atoms with Gasteiger partial charge in [0.1, 0.15) is 17.1 Å². The van der Waals surface area contributed by atoms with Gasteiger partial charge in [-0.15, -0.1) is 0 Å². The Labute approximate surface area is 190 Å². The van der Waals surface area contributed by atoms with E-state index in [1.807, 2.05) is 61.5 Å². The molecule has 7 nitrogen and oxygen atoms in total. The van der Waals surface area contributed by atoms with Crippen molar-refractivity contribution in [2.45, 2.75) is 25.0 Å². The molecule has 4 rings (SSSR count). The average molecular weight is 469 g/mol. The maximum Gasteiger partial charge on any atom is 0.319 e. The molecule has 0 bridgehead atoms. The zero-order valence-corrected chi connectivity index (χ0v) is 19.1. The van der Waals surface area contributed by atoms with Gasteiger partial charge in [-0.2, -0.15) is 20.2 Å². The third kappa shape index (κ3) is 5.00. The number of hydrogen-bond acceptors (Lipinski definition) is 7. The molecule has 0 fully saturated rings. The van der Waals surface area contributed by atoms with E-state index in [1.54, 1.807) is 6.26 Å². The van der Waals surface area contributed by atoms with E-state index in [0.29, 0.717) is 18.7 Å². The molecule has 0 radical (unpaired) electrons. The molecule has 1 unspecified atom stereocenters. The summed E-state index contributed by atoms with van der Waals surface area (Å²) in [6, 6.07) is 17.3. The quantitative estimate of drug-likeness (QED) is 0.382. The second-order valence-electron chi connectivity index (χ2n) is 7.22. The zero-order chi connectivity index (χ0) is 22.7. The normalized spacial score (nSPS) is 12.1. The molecule has 164 valence electrons. The van der Waals surface area contributed by atoms with Crippen LogP contribution in [0.3, 0.4) is 0 Å². The molecule has 0 aliphatic heterocycles. The van der Waals surface area contributed by atoms with Gasteiger partial charge < -0.3 is 8.83 Å². The SMILES string of the molecule is CSC(Cc1ccc2oc(Cc3nc(-c4ccccc4)oc3C)cc2c1)C(=O)N=S(=O)=O. The van der Waals surface area contributed by atoms with Crippen molar-refractivity contribution >= 4 is 39.1 Å². The van der Waals surface area contributed by atoms with E-state index in [0.717, 1.165) is 39.3 Å². The van der Waals surface area contributed by atoms with Crippen molar-refractivity contribution in [1.29, 1.82) is 0 Å². The molecule has 1 amide bonds. The predicted molar refractivity (Wildman–Crippen MR) is 123 cm³/mol. The summed E-state index contributed by atoms with van der Waals surface area (Å²) in [6.07, 6.45) is 2.62. The monoisotopic (exact) mass is 468 g/mol. The Morgan fingerprint density at radius 2 is 1.91 bits per heavy atom. The lowest BCUT2D eigenvalue weighted by Crippen LogP contribution is -2.17. The number of hydrogen-bond donors (Lipinski definition) is 0. The standard InChI is InChI=1S/C23H20N2O5S2/c1-14-19(24-23(29-14)16-6-4-3-5-7-16)13-18-12-17-10-15(8-9-20(17)30-18)11-21(31-2)22(26)25-32(27)28/h3-10,12,21H,11,13H2,1-2H3. The predicted octanol–water partition coefficient (Wildman–Crippen LogP) is 4.85. The average Bonchev–Trinajstić information content (AvgIpc) is 3.34. The van der Waals surface area contributed by atoms with E-state index in [2.05, 4.69) is 9.35 Å². The molecule has 0 aliphatic carbocycles. The maximum atomic E-state index is 12.0. The molecule has 0 spiro atoms. The van der Waals surface area contributed by atoms with Crippen LogP contribution in [0.1, 0.15) is 22.8 Å². The van der Waals surface area contributed by atoms with E-state index < -0.39 is 21.7 Å². The molecule has 1 atom stereocenters. The van der Waals surface area contributed by atoms with Crippen molar-refractivity contribution in [3.8, 4) is 11.5 Å². The number of oxazole rings is 1. The van der Waals surface area contributed by atoms with Gasteiger partial charge in [-0.3, -0.25) is 4.79 Å². The minimum Gasteiger partial charge on any atom is -0.461 e. The number of carbonyl (C=O) groups excluding carboxylic acids is 1. The van der Waals surface area contributed by atoms with Crippen molar-refractivity contribution < 1.29 is 22.0 Å². The van der Waals surface area contributed by atoms with Crippen LogP contribution in [0.2, 0.25) is 0 Å².